The van der Waals surface area contributed by atoms with Gasteiger partial charge in [-0.15, -0.1) is 11.3 Å². The van der Waals surface area contributed by atoms with E-state index in [1.54, 1.807) is 22.1 Å². The van der Waals surface area contributed by atoms with Crippen LogP contribution >= 0.6 is 11.3 Å². The van der Waals surface area contributed by atoms with E-state index in [1.807, 2.05) is 23.6 Å². The SMILES string of the molecule is O=c1ccc(-c2cccs2)nn1C1CCNCC1. The lowest BCUT2D eigenvalue weighted by molar-refractivity contribution is 0.332. The van der Waals surface area contributed by atoms with E-state index in [0.29, 0.717) is 0 Å². The fraction of sp³-hybridized carbons (Fsp3) is 0.385. The molecule has 1 aliphatic rings. The van der Waals surface area contributed by atoms with E-state index < -0.39 is 0 Å². The third-order valence-electron chi connectivity index (χ3n) is 3.25. The Balaban J connectivity index is 1.98. The van der Waals surface area contributed by atoms with Crippen molar-refractivity contribution in [1.82, 2.24) is 15.1 Å². The van der Waals surface area contributed by atoms with E-state index in [0.717, 1.165) is 36.5 Å². The molecule has 18 heavy (non-hydrogen) atoms. The number of nitrogens with one attached hydrogen (secondary N) is 1. The van der Waals surface area contributed by atoms with Crippen LogP contribution in [-0.2, 0) is 0 Å². The van der Waals surface area contributed by atoms with Gasteiger partial charge in [-0.3, -0.25) is 4.79 Å². The van der Waals surface area contributed by atoms with Crippen LogP contribution in [0.5, 0.6) is 0 Å². The van der Waals surface area contributed by atoms with Crippen molar-refractivity contribution in [3.63, 3.8) is 0 Å². The van der Waals surface area contributed by atoms with Gasteiger partial charge in [0.15, 0.2) is 0 Å². The van der Waals surface area contributed by atoms with Gasteiger partial charge < -0.3 is 5.32 Å². The highest BCUT2D eigenvalue weighted by atomic mass is 32.1. The summed E-state index contributed by atoms with van der Waals surface area (Å²) >= 11 is 1.65. The molecule has 0 spiro atoms. The summed E-state index contributed by atoms with van der Waals surface area (Å²) in [4.78, 5) is 13.0. The van der Waals surface area contributed by atoms with Gasteiger partial charge in [0, 0.05) is 6.07 Å². The zero-order valence-corrected chi connectivity index (χ0v) is 10.8. The molecule has 0 saturated carbocycles. The van der Waals surface area contributed by atoms with Gasteiger partial charge in [0.1, 0.15) is 5.69 Å². The normalized spacial score (nSPS) is 16.9. The highest BCUT2D eigenvalue weighted by Gasteiger charge is 2.17. The van der Waals surface area contributed by atoms with Crippen molar-refractivity contribution in [3.05, 3.63) is 40.0 Å². The molecule has 3 heterocycles. The van der Waals surface area contributed by atoms with E-state index in [1.165, 1.54) is 0 Å². The van der Waals surface area contributed by atoms with Crippen molar-refractivity contribution in [2.45, 2.75) is 18.9 Å². The molecule has 3 rings (SSSR count). The van der Waals surface area contributed by atoms with Crippen molar-refractivity contribution in [1.29, 1.82) is 0 Å². The van der Waals surface area contributed by atoms with Gasteiger partial charge in [0.05, 0.1) is 10.9 Å². The summed E-state index contributed by atoms with van der Waals surface area (Å²) in [6.45, 7) is 1.92. The van der Waals surface area contributed by atoms with Gasteiger partial charge >= 0.3 is 0 Å². The molecule has 2 aromatic heterocycles. The van der Waals surface area contributed by atoms with Crippen LogP contribution in [0.25, 0.3) is 10.6 Å². The molecule has 1 fully saturated rings. The zero-order valence-electron chi connectivity index (χ0n) is 10.0. The number of aromatic nitrogens is 2. The molecule has 0 amide bonds. The first-order chi connectivity index (χ1) is 8.84. The number of rotatable bonds is 2. The summed E-state index contributed by atoms with van der Waals surface area (Å²) in [5, 5.41) is 9.86. The molecule has 1 aliphatic heterocycles. The molecular weight excluding hydrogens is 246 g/mol. The van der Waals surface area contributed by atoms with E-state index in [9.17, 15) is 4.79 Å². The lowest BCUT2D eigenvalue weighted by Crippen LogP contribution is -2.35. The minimum absolute atomic E-state index is 0.00204. The molecule has 0 radical (unpaired) electrons. The Hall–Kier alpha value is -1.46. The van der Waals surface area contributed by atoms with Gasteiger partial charge in [-0.1, -0.05) is 6.07 Å². The van der Waals surface area contributed by atoms with E-state index in [4.69, 9.17) is 0 Å². The van der Waals surface area contributed by atoms with E-state index in [2.05, 4.69) is 10.4 Å². The number of hydrogen-bond acceptors (Lipinski definition) is 4. The number of hydrogen-bond donors (Lipinski definition) is 1. The number of piperidine rings is 1. The van der Waals surface area contributed by atoms with Gasteiger partial charge in [0.2, 0.25) is 0 Å². The van der Waals surface area contributed by atoms with Crippen molar-refractivity contribution in [2.75, 3.05) is 13.1 Å². The molecule has 5 heteroatoms. The van der Waals surface area contributed by atoms with E-state index >= 15 is 0 Å². The lowest BCUT2D eigenvalue weighted by atomic mass is 10.1. The Kier molecular flexibility index (Phi) is 3.25. The molecule has 0 unspecified atom stereocenters. The van der Waals surface area contributed by atoms with Gasteiger partial charge in [-0.25, -0.2) is 4.68 Å². The Morgan fingerprint density at radius 3 is 2.83 bits per heavy atom. The van der Waals surface area contributed by atoms with Crippen molar-refractivity contribution < 1.29 is 0 Å². The van der Waals surface area contributed by atoms with Crippen LogP contribution in [0.4, 0.5) is 0 Å². The molecule has 0 atom stereocenters. The molecule has 1 N–H and O–H groups in total. The molecule has 4 nitrogen and oxygen atoms in total. The Morgan fingerprint density at radius 2 is 2.11 bits per heavy atom. The molecule has 0 aliphatic carbocycles. The second kappa shape index (κ2) is 5.04. The molecule has 2 aromatic rings. The molecule has 0 bridgehead atoms. The van der Waals surface area contributed by atoms with Crippen LogP contribution in [0.15, 0.2) is 34.4 Å². The Labute approximate surface area is 109 Å². The first kappa shape index (κ1) is 11.6. The summed E-state index contributed by atoms with van der Waals surface area (Å²) in [5.74, 6) is 0. The summed E-state index contributed by atoms with van der Waals surface area (Å²) in [7, 11) is 0. The minimum Gasteiger partial charge on any atom is -0.317 e. The summed E-state index contributed by atoms with van der Waals surface area (Å²) in [6.07, 6.45) is 1.95. The molecular formula is C13H15N3OS. The predicted molar refractivity (Wildman–Crippen MR) is 73.0 cm³/mol. The monoisotopic (exact) mass is 261 g/mol. The molecule has 0 aromatic carbocycles. The number of nitrogens with zero attached hydrogens (tertiary/aromatic N) is 2. The fourth-order valence-corrected chi connectivity index (χ4v) is 2.98. The Bertz CT molecular complexity index is 570. The minimum atomic E-state index is 0.00204. The molecule has 94 valence electrons. The maximum atomic E-state index is 11.9. The van der Waals surface area contributed by atoms with Crippen molar-refractivity contribution in [2.24, 2.45) is 0 Å². The second-order valence-electron chi connectivity index (χ2n) is 4.46. The lowest BCUT2D eigenvalue weighted by Gasteiger charge is -2.23. The van der Waals surface area contributed by atoms with Gasteiger partial charge in [0.25, 0.3) is 5.56 Å². The third kappa shape index (κ3) is 2.23. The van der Waals surface area contributed by atoms with Gasteiger partial charge in [-0.2, -0.15) is 5.10 Å². The summed E-state index contributed by atoms with van der Waals surface area (Å²) in [5.41, 5.74) is 0.894. The summed E-state index contributed by atoms with van der Waals surface area (Å²) < 4.78 is 1.66. The zero-order chi connectivity index (χ0) is 12.4. The standard InChI is InChI=1S/C13H15N3OS/c17-13-4-3-11(12-2-1-9-18-12)15-16(13)10-5-7-14-8-6-10/h1-4,9-10,14H,5-8H2. The average Bonchev–Trinajstić information content (AvgIpc) is 2.94. The highest BCUT2D eigenvalue weighted by Crippen LogP contribution is 2.22. The predicted octanol–water partition coefficient (Wildman–Crippen LogP) is 1.90. The first-order valence-corrected chi connectivity index (χ1v) is 7.07. The van der Waals surface area contributed by atoms with Crippen LogP contribution < -0.4 is 10.9 Å². The average molecular weight is 261 g/mol. The smallest absolute Gasteiger partial charge is 0.267 e. The topological polar surface area (TPSA) is 46.9 Å². The second-order valence-corrected chi connectivity index (χ2v) is 5.41. The number of thiophene rings is 1. The molecule has 1 saturated heterocycles. The van der Waals surface area contributed by atoms with Crippen molar-refractivity contribution >= 4 is 11.3 Å². The van der Waals surface area contributed by atoms with Crippen LogP contribution in [0.3, 0.4) is 0 Å². The maximum Gasteiger partial charge on any atom is 0.267 e. The van der Waals surface area contributed by atoms with Crippen LogP contribution in [0.2, 0.25) is 0 Å². The highest BCUT2D eigenvalue weighted by molar-refractivity contribution is 7.13. The fourth-order valence-electron chi connectivity index (χ4n) is 2.29. The van der Waals surface area contributed by atoms with Crippen molar-refractivity contribution in [3.8, 4) is 10.6 Å². The Morgan fingerprint density at radius 1 is 1.28 bits per heavy atom. The first-order valence-electron chi connectivity index (χ1n) is 6.19. The van der Waals surface area contributed by atoms with Crippen LogP contribution in [0, 0.1) is 0 Å². The van der Waals surface area contributed by atoms with Crippen LogP contribution in [-0.4, -0.2) is 22.9 Å². The van der Waals surface area contributed by atoms with Gasteiger partial charge in [-0.05, 0) is 43.4 Å². The maximum absolute atomic E-state index is 11.9. The van der Waals surface area contributed by atoms with E-state index in [-0.39, 0.29) is 11.6 Å². The largest absolute Gasteiger partial charge is 0.317 e. The summed E-state index contributed by atoms with van der Waals surface area (Å²) in [6, 6.07) is 7.71. The third-order valence-corrected chi connectivity index (χ3v) is 4.15. The van der Waals surface area contributed by atoms with Crippen LogP contribution in [0.1, 0.15) is 18.9 Å². The quantitative estimate of drug-likeness (QED) is 0.898.